The molecule has 2 aliphatic heterocycles. The third-order valence-electron chi connectivity index (χ3n) is 7.62. The van der Waals surface area contributed by atoms with Gasteiger partial charge in [0.1, 0.15) is 17.5 Å². The molecule has 0 aliphatic carbocycles. The van der Waals surface area contributed by atoms with Gasteiger partial charge in [-0.05, 0) is 37.3 Å². The number of para-hydroxylation sites is 2. The van der Waals surface area contributed by atoms with E-state index in [2.05, 4.69) is 5.32 Å². The zero-order chi connectivity index (χ0) is 31.3. The molecule has 1 saturated heterocycles. The van der Waals surface area contributed by atoms with Gasteiger partial charge in [0.05, 0.1) is 35.0 Å². The zero-order valence-corrected chi connectivity index (χ0v) is 24.9. The van der Waals surface area contributed by atoms with Crippen LogP contribution in [0.3, 0.4) is 0 Å². The van der Waals surface area contributed by atoms with Crippen LogP contribution < -0.4 is 19.8 Å². The van der Waals surface area contributed by atoms with Crippen molar-refractivity contribution in [1.82, 2.24) is 4.57 Å². The minimum Gasteiger partial charge on any atom is -0.496 e. The summed E-state index contributed by atoms with van der Waals surface area (Å²) in [5.41, 5.74) is 0.506. The van der Waals surface area contributed by atoms with Gasteiger partial charge in [-0.1, -0.05) is 71.1 Å². The average Bonchev–Trinajstić information content (AvgIpc) is 3.43. The minimum atomic E-state index is -4.70. The highest BCUT2D eigenvalue weighted by Gasteiger charge is 2.57. The molecule has 0 saturated carbocycles. The predicted octanol–water partition coefficient (Wildman–Crippen LogP) is 5.68. The smallest absolute Gasteiger partial charge is 0.418 e. The Hall–Kier alpha value is -4.36. The van der Waals surface area contributed by atoms with E-state index >= 15 is 0 Å². The summed E-state index contributed by atoms with van der Waals surface area (Å²) in [5.74, 6) is -2.92. The maximum absolute atomic E-state index is 14.0. The molecular weight excluding hydrogens is 615 g/mol. The summed E-state index contributed by atoms with van der Waals surface area (Å²) >= 11 is 1.85. The van der Waals surface area contributed by atoms with Crippen molar-refractivity contribution in [2.45, 2.75) is 35.8 Å². The number of hydrogen-bond donors (Lipinski definition) is 1. The molecule has 4 aromatic rings. The maximum atomic E-state index is 14.0. The van der Waals surface area contributed by atoms with E-state index in [4.69, 9.17) is 4.74 Å². The van der Waals surface area contributed by atoms with Crippen LogP contribution in [0.2, 0.25) is 0 Å². The molecule has 226 valence electrons. The Morgan fingerprint density at radius 1 is 0.955 bits per heavy atom. The highest BCUT2D eigenvalue weighted by Crippen LogP contribution is 2.55. The first-order valence-corrected chi connectivity index (χ1v) is 15.1. The second-order valence-electron chi connectivity index (χ2n) is 10.3. The van der Waals surface area contributed by atoms with Crippen LogP contribution >= 0.6 is 23.1 Å². The van der Waals surface area contributed by atoms with Gasteiger partial charge in [-0.3, -0.25) is 23.7 Å². The third kappa shape index (κ3) is 5.09. The van der Waals surface area contributed by atoms with Crippen LogP contribution in [0.15, 0.2) is 82.6 Å². The molecule has 3 heterocycles. The fourth-order valence-electron chi connectivity index (χ4n) is 5.63. The van der Waals surface area contributed by atoms with E-state index in [1.165, 1.54) is 19.2 Å². The summed E-state index contributed by atoms with van der Waals surface area (Å²) in [7, 11) is 1.48. The molecule has 3 amide bonds. The molecule has 2 aliphatic rings. The van der Waals surface area contributed by atoms with Gasteiger partial charge in [-0.2, -0.15) is 13.2 Å². The number of ether oxygens (including phenoxy) is 1. The zero-order valence-electron chi connectivity index (χ0n) is 23.3. The highest BCUT2D eigenvalue weighted by molar-refractivity contribution is 8.00. The molecule has 6 rings (SSSR count). The number of thioether (sulfide) groups is 1. The lowest BCUT2D eigenvalue weighted by molar-refractivity contribution is -0.137. The molecule has 3 unspecified atom stereocenters. The number of rotatable bonds is 6. The lowest BCUT2D eigenvalue weighted by atomic mass is 9.82. The molecule has 13 heteroatoms. The predicted molar refractivity (Wildman–Crippen MR) is 160 cm³/mol. The van der Waals surface area contributed by atoms with Crippen molar-refractivity contribution >= 4 is 52.2 Å². The van der Waals surface area contributed by atoms with Gasteiger partial charge in [-0.15, -0.1) is 0 Å². The Labute approximate surface area is 257 Å². The SMILES string of the molecule is COc1ccccc1C1c2sc(=O)n(CC(=O)Nc3ccccc3C(F)(F)F)c2SC2C(=O)N(c3ccc(C)cc3)C(=O)C21. The van der Waals surface area contributed by atoms with E-state index in [-0.39, 0.29) is 0 Å². The first-order valence-electron chi connectivity index (χ1n) is 13.4. The lowest BCUT2D eigenvalue weighted by Crippen LogP contribution is -2.33. The van der Waals surface area contributed by atoms with E-state index in [0.29, 0.717) is 26.9 Å². The van der Waals surface area contributed by atoms with Crippen LogP contribution in [-0.4, -0.2) is 34.6 Å². The topological polar surface area (TPSA) is 97.7 Å². The molecule has 44 heavy (non-hydrogen) atoms. The average molecular weight is 640 g/mol. The van der Waals surface area contributed by atoms with Gasteiger partial charge < -0.3 is 10.1 Å². The van der Waals surface area contributed by atoms with Crippen LogP contribution in [0.25, 0.3) is 0 Å². The lowest BCUT2D eigenvalue weighted by Gasteiger charge is -2.31. The molecule has 1 fully saturated rings. The fourth-order valence-corrected chi connectivity index (χ4v) is 8.40. The van der Waals surface area contributed by atoms with Gasteiger partial charge in [0.2, 0.25) is 17.7 Å². The Bertz CT molecular complexity index is 1850. The quantitative estimate of drug-likeness (QED) is 0.273. The number of nitrogens with one attached hydrogen (secondary N) is 1. The Morgan fingerprint density at radius 2 is 1.64 bits per heavy atom. The molecule has 1 aromatic heterocycles. The molecule has 3 aromatic carbocycles. The molecular formula is C31H24F3N3O5S2. The normalized spacial score (nSPS) is 19.5. The van der Waals surface area contributed by atoms with Crippen molar-refractivity contribution in [3.8, 4) is 5.75 Å². The monoisotopic (exact) mass is 639 g/mol. The van der Waals surface area contributed by atoms with Gasteiger partial charge in [-0.25, -0.2) is 4.90 Å². The number of carbonyl (C=O) groups is 3. The van der Waals surface area contributed by atoms with E-state index in [9.17, 15) is 32.3 Å². The summed E-state index contributed by atoms with van der Waals surface area (Å²) in [6.45, 7) is 1.30. The number of carbonyl (C=O) groups excluding carboxylic acids is 3. The van der Waals surface area contributed by atoms with Crippen LogP contribution in [0, 0.1) is 12.8 Å². The number of aryl methyl sites for hydroxylation is 1. The number of anilines is 2. The molecule has 0 bridgehead atoms. The van der Waals surface area contributed by atoms with Crippen molar-refractivity contribution in [1.29, 1.82) is 0 Å². The number of benzene rings is 3. The summed E-state index contributed by atoms with van der Waals surface area (Å²) in [5, 5.41) is 1.65. The fraction of sp³-hybridized carbons (Fsp3) is 0.226. The third-order valence-corrected chi connectivity index (χ3v) is 10.2. The van der Waals surface area contributed by atoms with Gasteiger partial charge in [0, 0.05) is 16.4 Å². The van der Waals surface area contributed by atoms with Gasteiger partial charge in [0.25, 0.3) is 0 Å². The second-order valence-corrected chi connectivity index (χ2v) is 12.5. The summed E-state index contributed by atoms with van der Waals surface area (Å²) < 4.78 is 47.3. The number of amides is 3. The van der Waals surface area contributed by atoms with E-state index in [1.807, 2.05) is 6.92 Å². The van der Waals surface area contributed by atoms with Crippen LogP contribution in [-0.2, 0) is 27.1 Å². The molecule has 0 radical (unpaired) electrons. The van der Waals surface area contributed by atoms with Crippen LogP contribution in [0.1, 0.15) is 27.5 Å². The number of alkyl halides is 3. The van der Waals surface area contributed by atoms with Crippen molar-refractivity contribution in [2.24, 2.45) is 5.92 Å². The number of imide groups is 1. The number of hydrogen-bond acceptors (Lipinski definition) is 7. The number of halogens is 3. The van der Waals surface area contributed by atoms with E-state index in [0.717, 1.165) is 50.3 Å². The van der Waals surface area contributed by atoms with Crippen molar-refractivity contribution in [3.63, 3.8) is 0 Å². The minimum absolute atomic E-state index is 0.309. The number of thiazole rings is 1. The molecule has 0 spiro atoms. The number of aromatic nitrogens is 1. The Morgan fingerprint density at radius 3 is 2.34 bits per heavy atom. The number of methoxy groups -OCH3 is 1. The number of fused-ring (bicyclic) bond motifs is 2. The van der Waals surface area contributed by atoms with E-state index < -0.39 is 63.7 Å². The second kappa shape index (κ2) is 11.3. The standard InChI is InChI=1S/C31H24F3N3O5S2/c1-16-11-13-17(14-12-16)37-27(39)24-23(18-7-3-6-10-21(18)42-2)26-29(43-25(24)28(37)40)36(30(41)44-26)15-22(38)35-20-9-5-4-8-19(20)31(32,33)34/h3-14,23-25H,15H2,1-2H3,(H,35,38). The molecule has 8 nitrogen and oxygen atoms in total. The van der Waals surface area contributed by atoms with Crippen molar-refractivity contribution in [3.05, 3.63) is 104 Å². The van der Waals surface area contributed by atoms with Crippen molar-refractivity contribution < 1.29 is 32.3 Å². The first kappa shape index (κ1) is 29.7. The highest BCUT2D eigenvalue weighted by atomic mass is 32.2. The molecule has 1 N–H and O–H groups in total. The van der Waals surface area contributed by atoms with Gasteiger partial charge in [0.15, 0.2) is 0 Å². The van der Waals surface area contributed by atoms with Crippen LogP contribution in [0.5, 0.6) is 5.75 Å². The van der Waals surface area contributed by atoms with E-state index in [1.54, 1.807) is 48.5 Å². The Balaban J connectivity index is 1.42. The maximum Gasteiger partial charge on any atom is 0.418 e. The largest absolute Gasteiger partial charge is 0.496 e. The number of nitrogens with zero attached hydrogens (tertiary/aromatic N) is 2. The summed E-state index contributed by atoms with van der Waals surface area (Å²) in [4.78, 5) is 55.4. The summed E-state index contributed by atoms with van der Waals surface area (Å²) in [6, 6.07) is 18.5. The Kier molecular flexibility index (Phi) is 7.62. The van der Waals surface area contributed by atoms with Crippen LogP contribution in [0.4, 0.5) is 24.5 Å². The first-order chi connectivity index (χ1) is 21.0. The summed E-state index contributed by atoms with van der Waals surface area (Å²) in [6.07, 6.45) is -4.70. The molecule has 3 atom stereocenters. The van der Waals surface area contributed by atoms with Gasteiger partial charge >= 0.3 is 11.0 Å². The van der Waals surface area contributed by atoms with Crippen molar-refractivity contribution in [2.75, 3.05) is 17.3 Å².